The molecule has 0 spiro atoms. The summed E-state index contributed by atoms with van der Waals surface area (Å²) < 4.78 is 10.5. The lowest BCUT2D eigenvalue weighted by molar-refractivity contribution is 0.0526. The number of nitrogens with zero attached hydrogens (tertiary/aromatic N) is 1. The molecule has 3 rings (SSSR count). The van der Waals surface area contributed by atoms with E-state index in [0.29, 0.717) is 24.4 Å². The standard InChI is InChI=1S/C20H25N3O4/c1-2-26-19(24)15-7-9-16(10-8-15)22-20(25)21-14-17(18-6-5-13-27-18)23-11-3-4-12-23/h5-10,13,17H,2-4,11-12,14H2,1H3,(H2,21,22,25)/t17-/m1/s1. The van der Waals surface area contributed by atoms with Gasteiger partial charge in [0.1, 0.15) is 5.76 Å². The van der Waals surface area contributed by atoms with Crippen LogP contribution in [-0.4, -0.2) is 43.1 Å². The SMILES string of the molecule is CCOC(=O)c1ccc(NC(=O)NC[C@H](c2ccco2)N2CCCC2)cc1. The van der Waals surface area contributed by atoms with Crippen LogP contribution < -0.4 is 10.6 Å². The minimum Gasteiger partial charge on any atom is -0.468 e. The summed E-state index contributed by atoms with van der Waals surface area (Å²) in [5, 5.41) is 5.69. The van der Waals surface area contributed by atoms with E-state index in [-0.39, 0.29) is 18.0 Å². The van der Waals surface area contributed by atoms with Crippen molar-refractivity contribution in [3.8, 4) is 0 Å². The number of furan rings is 1. The lowest BCUT2D eigenvalue weighted by atomic mass is 10.2. The van der Waals surface area contributed by atoms with Gasteiger partial charge in [-0.15, -0.1) is 0 Å². The number of carbonyl (C=O) groups is 2. The third kappa shape index (κ3) is 5.10. The number of benzene rings is 1. The second-order valence-corrected chi connectivity index (χ2v) is 6.41. The Balaban J connectivity index is 1.54. The van der Waals surface area contributed by atoms with Crippen molar-refractivity contribution in [2.24, 2.45) is 0 Å². The van der Waals surface area contributed by atoms with Crippen LogP contribution in [0.1, 0.15) is 41.9 Å². The van der Waals surface area contributed by atoms with Crippen molar-refractivity contribution in [3.63, 3.8) is 0 Å². The maximum Gasteiger partial charge on any atom is 0.338 e. The van der Waals surface area contributed by atoms with E-state index in [4.69, 9.17) is 9.15 Å². The van der Waals surface area contributed by atoms with Crippen molar-refractivity contribution in [1.82, 2.24) is 10.2 Å². The van der Waals surface area contributed by atoms with Crippen molar-refractivity contribution in [2.45, 2.75) is 25.8 Å². The first-order valence-electron chi connectivity index (χ1n) is 9.27. The fourth-order valence-electron chi connectivity index (χ4n) is 3.21. The highest BCUT2D eigenvalue weighted by molar-refractivity contribution is 5.92. The van der Waals surface area contributed by atoms with Gasteiger partial charge in [-0.3, -0.25) is 4.90 Å². The predicted octanol–water partition coefficient (Wildman–Crippen LogP) is 3.41. The molecule has 0 unspecified atom stereocenters. The molecular formula is C20H25N3O4. The fourth-order valence-corrected chi connectivity index (χ4v) is 3.21. The van der Waals surface area contributed by atoms with Gasteiger partial charge in [-0.1, -0.05) is 0 Å². The minimum absolute atomic E-state index is 0.0273. The maximum atomic E-state index is 12.3. The van der Waals surface area contributed by atoms with Gasteiger partial charge in [-0.25, -0.2) is 9.59 Å². The second-order valence-electron chi connectivity index (χ2n) is 6.41. The molecule has 0 bridgehead atoms. The van der Waals surface area contributed by atoms with Crippen LogP contribution in [-0.2, 0) is 4.74 Å². The topological polar surface area (TPSA) is 83.8 Å². The number of anilines is 1. The monoisotopic (exact) mass is 371 g/mol. The number of nitrogens with one attached hydrogen (secondary N) is 2. The quantitative estimate of drug-likeness (QED) is 0.729. The van der Waals surface area contributed by atoms with Crippen LogP contribution in [0.3, 0.4) is 0 Å². The van der Waals surface area contributed by atoms with Crippen molar-refractivity contribution in [1.29, 1.82) is 0 Å². The first-order chi connectivity index (χ1) is 13.2. The molecule has 1 saturated heterocycles. The van der Waals surface area contributed by atoms with Crippen molar-refractivity contribution >= 4 is 17.7 Å². The van der Waals surface area contributed by atoms with Crippen LogP contribution in [0.2, 0.25) is 0 Å². The first-order valence-corrected chi connectivity index (χ1v) is 9.27. The molecule has 1 aliphatic heterocycles. The van der Waals surface area contributed by atoms with E-state index in [0.717, 1.165) is 31.7 Å². The molecule has 0 aliphatic carbocycles. The minimum atomic E-state index is -0.375. The average molecular weight is 371 g/mol. The summed E-state index contributed by atoms with van der Waals surface area (Å²) in [7, 11) is 0. The summed E-state index contributed by atoms with van der Waals surface area (Å²) in [5.74, 6) is 0.483. The van der Waals surface area contributed by atoms with Gasteiger partial charge >= 0.3 is 12.0 Å². The molecular weight excluding hydrogens is 346 g/mol. The van der Waals surface area contributed by atoms with E-state index in [2.05, 4.69) is 15.5 Å². The number of ether oxygens (including phenoxy) is 1. The summed E-state index contributed by atoms with van der Waals surface area (Å²) >= 11 is 0. The van der Waals surface area contributed by atoms with Crippen LogP contribution in [0.5, 0.6) is 0 Å². The summed E-state index contributed by atoms with van der Waals surface area (Å²) in [6, 6.07) is 10.1. The molecule has 27 heavy (non-hydrogen) atoms. The van der Waals surface area contributed by atoms with Crippen LogP contribution in [0, 0.1) is 0 Å². The zero-order chi connectivity index (χ0) is 19.1. The molecule has 7 nitrogen and oxygen atoms in total. The lowest BCUT2D eigenvalue weighted by Crippen LogP contribution is -2.38. The Morgan fingerprint density at radius 1 is 1.19 bits per heavy atom. The fraction of sp³-hybridized carbons (Fsp3) is 0.400. The van der Waals surface area contributed by atoms with Gasteiger partial charge in [0.25, 0.3) is 0 Å². The average Bonchev–Trinajstić information content (AvgIpc) is 3.37. The van der Waals surface area contributed by atoms with Crippen LogP contribution in [0.25, 0.3) is 0 Å². The third-order valence-corrected chi connectivity index (χ3v) is 4.56. The first kappa shape index (κ1) is 19.0. The van der Waals surface area contributed by atoms with Gasteiger partial charge in [0.2, 0.25) is 0 Å². The Hall–Kier alpha value is -2.80. The molecule has 1 aliphatic rings. The molecule has 1 fully saturated rings. The van der Waals surface area contributed by atoms with E-state index >= 15 is 0 Å². The Morgan fingerprint density at radius 3 is 2.56 bits per heavy atom. The van der Waals surface area contributed by atoms with Gasteiger partial charge in [0, 0.05) is 12.2 Å². The summed E-state index contributed by atoms with van der Waals surface area (Å²) in [4.78, 5) is 26.2. The van der Waals surface area contributed by atoms with Gasteiger partial charge in [0.05, 0.1) is 24.5 Å². The second kappa shape index (κ2) is 9.23. The number of esters is 1. The number of urea groups is 1. The van der Waals surface area contributed by atoms with Gasteiger partial charge in [0.15, 0.2) is 0 Å². The molecule has 2 N–H and O–H groups in total. The van der Waals surface area contributed by atoms with Gasteiger partial charge in [-0.2, -0.15) is 0 Å². The molecule has 0 saturated carbocycles. The predicted molar refractivity (Wildman–Crippen MR) is 102 cm³/mol. The molecule has 1 aromatic carbocycles. The zero-order valence-corrected chi connectivity index (χ0v) is 15.4. The van der Waals surface area contributed by atoms with Gasteiger partial charge in [-0.05, 0) is 69.3 Å². The highest BCUT2D eigenvalue weighted by atomic mass is 16.5. The molecule has 1 aromatic heterocycles. The smallest absolute Gasteiger partial charge is 0.338 e. The molecule has 1 atom stereocenters. The normalized spacial score (nSPS) is 15.3. The maximum absolute atomic E-state index is 12.3. The summed E-state index contributed by atoms with van der Waals surface area (Å²) in [5.41, 5.74) is 1.06. The number of carbonyl (C=O) groups excluding carboxylic acids is 2. The lowest BCUT2D eigenvalue weighted by Gasteiger charge is -2.26. The summed E-state index contributed by atoms with van der Waals surface area (Å²) in [6.45, 7) is 4.56. The van der Waals surface area contributed by atoms with E-state index in [9.17, 15) is 9.59 Å². The van der Waals surface area contributed by atoms with Crippen LogP contribution in [0.15, 0.2) is 47.1 Å². The van der Waals surface area contributed by atoms with Gasteiger partial charge < -0.3 is 19.8 Å². The Bertz CT molecular complexity index is 737. The van der Waals surface area contributed by atoms with E-state index in [1.807, 2.05) is 12.1 Å². The largest absolute Gasteiger partial charge is 0.468 e. The Morgan fingerprint density at radius 2 is 1.93 bits per heavy atom. The molecule has 144 valence electrons. The highest BCUT2D eigenvalue weighted by Gasteiger charge is 2.25. The van der Waals surface area contributed by atoms with E-state index < -0.39 is 0 Å². The number of likely N-dealkylation sites (tertiary alicyclic amines) is 1. The Kier molecular flexibility index (Phi) is 6.49. The van der Waals surface area contributed by atoms with Crippen molar-refractivity contribution < 1.29 is 18.7 Å². The number of hydrogen-bond donors (Lipinski definition) is 2. The molecule has 7 heteroatoms. The van der Waals surface area contributed by atoms with Crippen LogP contribution in [0.4, 0.5) is 10.5 Å². The highest BCUT2D eigenvalue weighted by Crippen LogP contribution is 2.24. The molecule has 2 amide bonds. The summed E-state index contributed by atoms with van der Waals surface area (Å²) in [6.07, 6.45) is 3.98. The molecule has 2 heterocycles. The molecule has 0 radical (unpaired) electrons. The van der Waals surface area contributed by atoms with E-state index in [1.165, 1.54) is 0 Å². The Labute approximate surface area is 158 Å². The molecule has 2 aromatic rings. The van der Waals surface area contributed by atoms with Crippen LogP contribution >= 0.6 is 0 Å². The van der Waals surface area contributed by atoms with E-state index in [1.54, 1.807) is 37.5 Å². The third-order valence-electron chi connectivity index (χ3n) is 4.56. The number of amides is 2. The number of rotatable bonds is 7. The van der Waals surface area contributed by atoms with Crippen molar-refractivity contribution in [2.75, 3.05) is 31.6 Å². The zero-order valence-electron chi connectivity index (χ0n) is 15.4. The number of hydrogen-bond acceptors (Lipinski definition) is 5. The van der Waals surface area contributed by atoms with Crippen molar-refractivity contribution in [3.05, 3.63) is 54.0 Å².